The van der Waals surface area contributed by atoms with E-state index in [1.807, 2.05) is 0 Å². The third-order valence-electron chi connectivity index (χ3n) is 4.26. The van der Waals surface area contributed by atoms with Crippen LogP contribution in [0.25, 0.3) is 0 Å². The van der Waals surface area contributed by atoms with Crippen LogP contribution in [0, 0.1) is 5.92 Å². The summed E-state index contributed by atoms with van der Waals surface area (Å²) < 4.78 is 0. The van der Waals surface area contributed by atoms with Crippen molar-refractivity contribution >= 4 is 28.6 Å². The summed E-state index contributed by atoms with van der Waals surface area (Å²) in [6, 6.07) is 32.1. The Bertz CT molecular complexity index is 707. The van der Waals surface area contributed by atoms with Crippen molar-refractivity contribution < 1.29 is 5.11 Å². The van der Waals surface area contributed by atoms with Crippen molar-refractivity contribution in [3.8, 4) is 0 Å². The molecule has 1 N–H and O–H groups in total. The third-order valence-corrected chi connectivity index (χ3v) is 8.55. The highest BCUT2D eigenvalue weighted by atomic mass is 31.2. The van der Waals surface area contributed by atoms with Gasteiger partial charge in [0.2, 0.25) is 0 Å². The van der Waals surface area contributed by atoms with E-state index in [4.69, 9.17) is 0 Å². The molecule has 1 unspecified atom stereocenters. The molecule has 0 aliphatic carbocycles. The second kappa shape index (κ2) is 7.66. The lowest BCUT2D eigenvalue weighted by atomic mass is 10.2. The standard InChI is InChI=1S/C22H23OP/c1-19(17-23)18-24(20-11-5-2-6-12-20,21-13-7-3-8-14-21)22-15-9-4-10-16-22/h2-16,18-19,23H,17H2,1H3. The van der Waals surface area contributed by atoms with Crippen LogP contribution in [-0.4, -0.2) is 17.5 Å². The van der Waals surface area contributed by atoms with Crippen molar-refractivity contribution in [1.82, 2.24) is 0 Å². The number of benzene rings is 3. The maximum absolute atomic E-state index is 9.73. The summed E-state index contributed by atoms with van der Waals surface area (Å²) in [7, 11) is 0. The summed E-state index contributed by atoms with van der Waals surface area (Å²) >= 11 is 0. The molecule has 24 heavy (non-hydrogen) atoms. The maximum Gasteiger partial charge on any atom is 0.0491 e. The van der Waals surface area contributed by atoms with Gasteiger partial charge in [-0.1, -0.05) is 104 Å². The zero-order chi connectivity index (χ0) is 16.8. The van der Waals surface area contributed by atoms with Crippen LogP contribution in [0.4, 0.5) is 0 Å². The Kier molecular flexibility index (Phi) is 5.35. The van der Waals surface area contributed by atoms with Gasteiger partial charge in [-0.3, -0.25) is 0 Å². The lowest BCUT2D eigenvalue weighted by molar-refractivity contribution is 0.273. The van der Waals surface area contributed by atoms with Crippen molar-refractivity contribution in [2.75, 3.05) is 6.61 Å². The first kappa shape index (κ1) is 16.8. The molecular weight excluding hydrogens is 311 g/mol. The van der Waals surface area contributed by atoms with E-state index < -0.39 is 6.89 Å². The van der Waals surface area contributed by atoms with Crippen LogP contribution >= 0.6 is 6.89 Å². The summed E-state index contributed by atoms with van der Waals surface area (Å²) in [4.78, 5) is 0. The van der Waals surface area contributed by atoms with Gasteiger partial charge in [-0.15, -0.1) is 0 Å². The fourth-order valence-electron chi connectivity index (χ4n) is 3.12. The van der Waals surface area contributed by atoms with E-state index in [1.54, 1.807) is 0 Å². The molecule has 3 rings (SSSR count). The molecule has 0 aliphatic heterocycles. The highest BCUT2D eigenvalue weighted by Crippen LogP contribution is 2.44. The molecule has 0 bridgehead atoms. The number of hydrogen-bond acceptors (Lipinski definition) is 1. The zero-order valence-electron chi connectivity index (χ0n) is 13.9. The fraction of sp³-hybridized carbons (Fsp3) is 0.136. The Labute approximate surface area is 144 Å². The summed E-state index contributed by atoms with van der Waals surface area (Å²) in [6.07, 6.45) is 0. The molecule has 0 radical (unpaired) electrons. The van der Waals surface area contributed by atoms with Gasteiger partial charge in [0, 0.05) is 6.61 Å². The average Bonchev–Trinajstić information content (AvgIpc) is 2.68. The minimum absolute atomic E-state index is 0.124. The molecule has 1 atom stereocenters. The highest BCUT2D eigenvalue weighted by Gasteiger charge is 2.25. The third kappa shape index (κ3) is 3.24. The minimum atomic E-state index is -1.91. The van der Waals surface area contributed by atoms with Gasteiger partial charge in [0.25, 0.3) is 0 Å². The lowest BCUT2D eigenvalue weighted by Crippen LogP contribution is -2.28. The van der Waals surface area contributed by atoms with Gasteiger partial charge < -0.3 is 5.11 Å². The van der Waals surface area contributed by atoms with Crippen LogP contribution < -0.4 is 15.9 Å². The van der Waals surface area contributed by atoms with E-state index in [1.165, 1.54) is 15.9 Å². The number of hydrogen-bond donors (Lipinski definition) is 1. The lowest BCUT2D eigenvalue weighted by Gasteiger charge is -2.30. The van der Waals surface area contributed by atoms with Crippen LogP contribution in [0.5, 0.6) is 0 Å². The molecule has 0 aliphatic rings. The summed E-state index contributed by atoms with van der Waals surface area (Å²) in [5.41, 5.74) is 0. The highest BCUT2D eigenvalue weighted by molar-refractivity contribution is 7.94. The first-order valence-corrected chi connectivity index (χ1v) is 10.2. The quantitative estimate of drug-likeness (QED) is 0.709. The molecule has 2 heteroatoms. The van der Waals surface area contributed by atoms with Crippen molar-refractivity contribution in [1.29, 1.82) is 0 Å². The summed E-state index contributed by atoms with van der Waals surface area (Å²) in [5, 5.41) is 13.7. The number of rotatable bonds is 5. The van der Waals surface area contributed by atoms with Gasteiger partial charge >= 0.3 is 0 Å². The van der Waals surface area contributed by atoms with E-state index in [-0.39, 0.29) is 12.5 Å². The van der Waals surface area contributed by atoms with Crippen LogP contribution in [0.2, 0.25) is 0 Å². The molecule has 3 aromatic rings. The van der Waals surface area contributed by atoms with Crippen LogP contribution in [0.3, 0.4) is 0 Å². The second-order valence-electron chi connectivity index (χ2n) is 6.04. The van der Waals surface area contributed by atoms with E-state index in [2.05, 4.69) is 104 Å². The molecule has 0 spiro atoms. The average molecular weight is 334 g/mol. The van der Waals surface area contributed by atoms with Gasteiger partial charge in [-0.2, -0.15) is 0 Å². The molecule has 0 aromatic heterocycles. The Morgan fingerprint density at radius 3 is 1.33 bits per heavy atom. The summed E-state index contributed by atoms with van der Waals surface area (Å²) in [6.45, 7) is 0.337. The second-order valence-corrected chi connectivity index (χ2v) is 9.33. The van der Waals surface area contributed by atoms with Gasteiger partial charge in [-0.25, -0.2) is 0 Å². The molecule has 0 saturated carbocycles. The molecule has 1 nitrogen and oxygen atoms in total. The zero-order valence-corrected chi connectivity index (χ0v) is 14.8. The molecule has 122 valence electrons. The smallest absolute Gasteiger partial charge is 0.0491 e. The normalized spacial score (nSPS) is 12.6. The maximum atomic E-state index is 9.73. The Morgan fingerprint density at radius 2 is 1.04 bits per heavy atom. The first-order valence-electron chi connectivity index (χ1n) is 8.30. The fourth-order valence-corrected chi connectivity index (χ4v) is 7.32. The van der Waals surface area contributed by atoms with Crippen molar-refractivity contribution in [2.45, 2.75) is 6.92 Å². The molecule has 3 aromatic carbocycles. The van der Waals surface area contributed by atoms with Crippen LogP contribution in [0.1, 0.15) is 6.92 Å². The van der Waals surface area contributed by atoms with Crippen molar-refractivity contribution in [3.63, 3.8) is 0 Å². The van der Waals surface area contributed by atoms with Crippen LogP contribution in [-0.2, 0) is 0 Å². The SMILES string of the molecule is CC(C=P(c1ccccc1)(c1ccccc1)c1ccccc1)CO. The molecular formula is C22H23OP. The van der Waals surface area contributed by atoms with Crippen LogP contribution in [0.15, 0.2) is 91.0 Å². The Balaban J connectivity index is 2.40. The molecule has 0 amide bonds. The first-order chi connectivity index (χ1) is 11.8. The predicted octanol–water partition coefficient (Wildman–Crippen LogP) is 3.41. The number of aliphatic hydroxyl groups excluding tert-OH is 1. The molecule has 0 fully saturated rings. The molecule has 0 heterocycles. The summed E-state index contributed by atoms with van der Waals surface area (Å²) in [5.74, 6) is 2.51. The van der Waals surface area contributed by atoms with E-state index >= 15 is 0 Å². The van der Waals surface area contributed by atoms with Gasteiger partial charge in [-0.05, 0) is 28.7 Å². The molecule has 0 saturated heterocycles. The Morgan fingerprint density at radius 1 is 0.708 bits per heavy atom. The van der Waals surface area contributed by atoms with Gasteiger partial charge in [0.15, 0.2) is 0 Å². The van der Waals surface area contributed by atoms with E-state index in [9.17, 15) is 5.11 Å². The van der Waals surface area contributed by atoms with E-state index in [0.29, 0.717) is 0 Å². The number of aliphatic hydroxyl groups is 1. The van der Waals surface area contributed by atoms with Crippen molar-refractivity contribution in [3.05, 3.63) is 91.0 Å². The largest absolute Gasteiger partial charge is 0.396 e. The predicted molar refractivity (Wildman–Crippen MR) is 107 cm³/mol. The topological polar surface area (TPSA) is 20.2 Å². The monoisotopic (exact) mass is 334 g/mol. The van der Waals surface area contributed by atoms with Gasteiger partial charge in [0.1, 0.15) is 0 Å². The van der Waals surface area contributed by atoms with E-state index in [0.717, 1.165) is 0 Å². The minimum Gasteiger partial charge on any atom is -0.396 e. The van der Waals surface area contributed by atoms with Crippen molar-refractivity contribution in [2.24, 2.45) is 5.92 Å². The van der Waals surface area contributed by atoms with Gasteiger partial charge in [0.05, 0.1) is 0 Å². The Hall–Kier alpha value is -2.08.